The lowest BCUT2D eigenvalue weighted by atomic mass is 9.98. The van der Waals surface area contributed by atoms with Crippen molar-refractivity contribution in [2.45, 2.75) is 12.5 Å². The van der Waals surface area contributed by atoms with Crippen LogP contribution in [-0.2, 0) is 6.42 Å². The number of halogens is 1. The maximum absolute atomic E-state index is 13.5. The Morgan fingerprint density at radius 2 is 2.29 bits per heavy atom. The highest BCUT2D eigenvalue weighted by Gasteiger charge is 2.22. The average Bonchev–Trinajstić information content (AvgIpc) is 2.19. The van der Waals surface area contributed by atoms with Crippen molar-refractivity contribution >= 4 is 5.69 Å². The van der Waals surface area contributed by atoms with Gasteiger partial charge in [-0.3, -0.25) is 0 Å². The molecule has 1 aliphatic rings. The zero-order valence-electron chi connectivity index (χ0n) is 8.55. The number of nitrogens with one attached hydrogen (secondary N) is 1. The quantitative estimate of drug-likeness (QED) is 0.727. The second kappa shape index (κ2) is 3.58. The summed E-state index contributed by atoms with van der Waals surface area (Å²) < 4.78 is 13.5. The fourth-order valence-electron chi connectivity index (χ4n) is 2.04. The van der Waals surface area contributed by atoms with Crippen LogP contribution in [0, 0.1) is 5.82 Å². The molecule has 0 aromatic heterocycles. The molecule has 0 saturated carbocycles. The molecule has 0 fully saturated rings. The van der Waals surface area contributed by atoms with Gasteiger partial charge in [0.1, 0.15) is 5.82 Å². The minimum Gasteiger partial charge on any atom is -0.373 e. The van der Waals surface area contributed by atoms with Crippen LogP contribution >= 0.6 is 0 Å². The van der Waals surface area contributed by atoms with E-state index in [1.807, 2.05) is 20.2 Å². The molecular weight excluding hydrogens is 179 g/mol. The van der Waals surface area contributed by atoms with E-state index in [-0.39, 0.29) is 5.82 Å². The monoisotopic (exact) mass is 194 g/mol. The second-order valence-electron chi connectivity index (χ2n) is 3.81. The van der Waals surface area contributed by atoms with Crippen molar-refractivity contribution < 1.29 is 4.39 Å². The van der Waals surface area contributed by atoms with Crippen LogP contribution in [0.25, 0.3) is 0 Å². The van der Waals surface area contributed by atoms with Crippen LogP contribution in [-0.4, -0.2) is 26.7 Å². The van der Waals surface area contributed by atoms with Gasteiger partial charge in [0.05, 0.1) is 0 Å². The Hall–Kier alpha value is -1.09. The first kappa shape index (κ1) is 9.46. The van der Waals surface area contributed by atoms with Crippen LogP contribution in [0.2, 0.25) is 0 Å². The highest BCUT2D eigenvalue weighted by Crippen LogP contribution is 2.27. The fourth-order valence-corrected chi connectivity index (χ4v) is 2.04. The summed E-state index contributed by atoms with van der Waals surface area (Å²) in [4.78, 5) is 2.10. The topological polar surface area (TPSA) is 15.3 Å². The summed E-state index contributed by atoms with van der Waals surface area (Å²) in [5.74, 6) is -0.0886. The van der Waals surface area contributed by atoms with Crippen molar-refractivity contribution in [3.05, 3.63) is 29.6 Å². The number of likely N-dealkylation sites (N-methyl/N-ethyl adjacent to an activating group) is 2. The van der Waals surface area contributed by atoms with Gasteiger partial charge in [0.25, 0.3) is 0 Å². The molecule has 0 amide bonds. The summed E-state index contributed by atoms with van der Waals surface area (Å²) in [5, 5.41) is 3.19. The van der Waals surface area contributed by atoms with E-state index in [9.17, 15) is 4.39 Å². The van der Waals surface area contributed by atoms with E-state index in [0.29, 0.717) is 6.04 Å². The van der Waals surface area contributed by atoms with Gasteiger partial charge >= 0.3 is 0 Å². The van der Waals surface area contributed by atoms with Gasteiger partial charge in [-0.25, -0.2) is 4.39 Å². The van der Waals surface area contributed by atoms with Crippen LogP contribution in [0.3, 0.4) is 0 Å². The van der Waals surface area contributed by atoms with Gasteiger partial charge in [0.2, 0.25) is 0 Å². The molecule has 0 saturated heterocycles. The molecule has 0 radical (unpaired) electrons. The van der Waals surface area contributed by atoms with Crippen molar-refractivity contribution in [2.75, 3.05) is 25.5 Å². The number of anilines is 1. The maximum Gasteiger partial charge on any atom is 0.128 e. The molecule has 1 unspecified atom stereocenters. The van der Waals surface area contributed by atoms with Gasteiger partial charge in [-0.15, -0.1) is 0 Å². The van der Waals surface area contributed by atoms with Crippen LogP contribution < -0.4 is 10.2 Å². The number of benzene rings is 1. The van der Waals surface area contributed by atoms with Crippen molar-refractivity contribution in [3.8, 4) is 0 Å². The van der Waals surface area contributed by atoms with Crippen molar-refractivity contribution in [3.63, 3.8) is 0 Å². The Kier molecular flexibility index (Phi) is 2.42. The minimum absolute atomic E-state index is 0.0886. The predicted molar refractivity (Wildman–Crippen MR) is 56.2 cm³/mol. The van der Waals surface area contributed by atoms with Crippen molar-refractivity contribution in [2.24, 2.45) is 0 Å². The molecule has 76 valence electrons. The van der Waals surface area contributed by atoms with Gasteiger partial charge in [0, 0.05) is 30.9 Å². The van der Waals surface area contributed by atoms with E-state index in [1.54, 1.807) is 6.07 Å². The normalized spacial score (nSPS) is 20.8. The van der Waals surface area contributed by atoms with Crippen molar-refractivity contribution in [1.82, 2.24) is 5.32 Å². The molecule has 1 aromatic carbocycles. The highest BCUT2D eigenvalue weighted by atomic mass is 19.1. The molecule has 2 nitrogen and oxygen atoms in total. The smallest absolute Gasteiger partial charge is 0.128 e. The molecule has 0 aliphatic carbocycles. The average molecular weight is 194 g/mol. The Morgan fingerprint density at radius 3 is 3.00 bits per heavy atom. The third-order valence-electron chi connectivity index (χ3n) is 2.86. The van der Waals surface area contributed by atoms with Crippen LogP contribution in [0.1, 0.15) is 5.56 Å². The molecule has 1 aromatic rings. The zero-order chi connectivity index (χ0) is 10.1. The van der Waals surface area contributed by atoms with Crippen LogP contribution in [0.4, 0.5) is 10.1 Å². The number of rotatable bonds is 1. The van der Waals surface area contributed by atoms with E-state index in [1.165, 1.54) is 6.07 Å². The molecule has 1 heterocycles. The summed E-state index contributed by atoms with van der Waals surface area (Å²) >= 11 is 0. The summed E-state index contributed by atoms with van der Waals surface area (Å²) in [6, 6.07) is 5.63. The molecule has 14 heavy (non-hydrogen) atoms. The molecule has 0 bridgehead atoms. The molecule has 0 spiro atoms. The third-order valence-corrected chi connectivity index (χ3v) is 2.86. The number of hydrogen-bond donors (Lipinski definition) is 1. The Balaban J connectivity index is 2.40. The lowest BCUT2D eigenvalue weighted by Crippen LogP contribution is -2.43. The van der Waals surface area contributed by atoms with E-state index in [2.05, 4.69) is 10.2 Å². The zero-order valence-corrected chi connectivity index (χ0v) is 8.55. The SMILES string of the molecule is CNC1Cc2c(F)cccc2N(C)C1. The van der Waals surface area contributed by atoms with Gasteiger partial charge in [-0.05, 0) is 25.6 Å². The van der Waals surface area contributed by atoms with E-state index in [4.69, 9.17) is 0 Å². The number of nitrogens with zero attached hydrogens (tertiary/aromatic N) is 1. The largest absolute Gasteiger partial charge is 0.373 e. The molecule has 1 atom stereocenters. The molecule has 1 N–H and O–H groups in total. The first-order valence-corrected chi connectivity index (χ1v) is 4.88. The van der Waals surface area contributed by atoms with E-state index < -0.39 is 0 Å². The lowest BCUT2D eigenvalue weighted by molar-refractivity contribution is 0.513. The van der Waals surface area contributed by atoms with Crippen LogP contribution in [0.15, 0.2) is 18.2 Å². The minimum atomic E-state index is -0.0886. The number of fused-ring (bicyclic) bond motifs is 1. The van der Waals surface area contributed by atoms with Gasteiger partial charge in [-0.2, -0.15) is 0 Å². The third kappa shape index (κ3) is 1.48. The summed E-state index contributed by atoms with van der Waals surface area (Å²) in [7, 11) is 3.92. The first-order chi connectivity index (χ1) is 6.72. The summed E-state index contributed by atoms with van der Waals surface area (Å²) in [6.45, 7) is 0.937. The maximum atomic E-state index is 13.5. The summed E-state index contributed by atoms with van der Waals surface area (Å²) in [5.41, 5.74) is 1.86. The Labute approximate surface area is 83.7 Å². The van der Waals surface area contributed by atoms with Crippen molar-refractivity contribution in [1.29, 1.82) is 0 Å². The fraction of sp³-hybridized carbons (Fsp3) is 0.455. The van der Waals surface area contributed by atoms with E-state index in [0.717, 1.165) is 24.2 Å². The Bertz CT molecular complexity index is 338. The van der Waals surface area contributed by atoms with E-state index >= 15 is 0 Å². The lowest BCUT2D eigenvalue weighted by Gasteiger charge is -2.33. The second-order valence-corrected chi connectivity index (χ2v) is 3.81. The first-order valence-electron chi connectivity index (χ1n) is 4.88. The van der Waals surface area contributed by atoms with Crippen LogP contribution in [0.5, 0.6) is 0 Å². The Morgan fingerprint density at radius 1 is 1.50 bits per heavy atom. The highest BCUT2D eigenvalue weighted by molar-refractivity contribution is 5.56. The molecular formula is C11H15FN2. The summed E-state index contributed by atoms with van der Waals surface area (Å²) in [6.07, 6.45) is 0.781. The molecule has 3 heteroatoms. The molecule has 1 aliphatic heterocycles. The standard InChI is InChI=1S/C11H15FN2/c1-13-8-6-9-10(12)4-3-5-11(9)14(2)7-8/h3-5,8,13H,6-7H2,1-2H3. The molecule has 2 rings (SSSR count). The number of hydrogen-bond acceptors (Lipinski definition) is 2. The van der Waals surface area contributed by atoms with Gasteiger partial charge in [-0.1, -0.05) is 6.07 Å². The van der Waals surface area contributed by atoms with Gasteiger partial charge < -0.3 is 10.2 Å². The van der Waals surface area contributed by atoms with Gasteiger partial charge in [0.15, 0.2) is 0 Å². The predicted octanol–water partition coefficient (Wildman–Crippen LogP) is 1.41.